The van der Waals surface area contributed by atoms with Gasteiger partial charge in [-0.05, 0) is 17.9 Å². The van der Waals surface area contributed by atoms with Crippen molar-refractivity contribution in [2.75, 3.05) is 0 Å². The molecule has 0 aliphatic carbocycles. The molecule has 0 radical (unpaired) electrons. The lowest BCUT2D eigenvalue weighted by Gasteiger charge is -2.05. The highest BCUT2D eigenvalue weighted by molar-refractivity contribution is 5.74. The molecule has 3 heteroatoms. The predicted molar refractivity (Wildman–Crippen MR) is 59.6 cm³/mol. The Morgan fingerprint density at radius 3 is 2.14 bits per heavy atom. The number of carbonyl (C=O) groups is 1. The number of rotatable bonds is 4. The van der Waals surface area contributed by atoms with Crippen LogP contribution in [0.1, 0.15) is 27.7 Å². The summed E-state index contributed by atoms with van der Waals surface area (Å²) in [5, 5.41) is 2.58. The van der Waals surface area contributed by atoms with Gasteiger partial charge in [0.1, 0.15) is 0 Å². The molecule has 3 nitrogen and oxygen atoms in total. The summed E-state index contributed by atoms with van der Waals surface area (Å²) < 4.78 is 0. The first kappa shape index (κ1) is 12.8. The molecule has 0 saturated heterocycles. The second-order valence-corrected chi connectivity index (χ2v) is 3.96. The van der Waals surface area contributed by atoms with E-state index in [2.05, 4.69) is 19.2 Å². The first-order valence-electron chi connectivity index (χ1n) is 4.88. The van der Waals surface area contributed by atoms with Crippen molar-refractivity contribution >= 4 is 6.03 Å². The predicted octanol–water partition coefficient (Wildman–Crippen LogP) is 2.41. The maximum absolute atomic E-state index is 10.7. The van der Waals surface area contributed by atoms with Crippen molar-refractivity contribution < 1.29 is 4.79 Å². The number of amides is 2. The molecular formula is C11H20N2O. The molecule has 0 fully saturated rings. The van der Waals surface area contributed by atoms with Crippen molar-refractivity contribution in [2.24, 2.45) is 17.6 Å². The summed E-state index contributed by atoms with van der Waals surface area (Å²) in [4.78, 5) is 10.7. The van der Waals surface area contributed by atoms with E-state index in [0.717, 1.165) is 5.70 Å². The lowest BCUT2D eigenvalue weighted by Crippen LogP contribution is -2.28. The van der Waals surface area contributed by atoms with Crippen LogP contribution >= 0.6 is 0 Å². The van der Waals surface area contributed by atoms with E-state index in [0.29, 0.717) is 11.8 Å². The molecule has 0 unspecified atom stereocenters. The van der Waals surface area contributed by atoms with Gasteiger partial charge in [0.15, 0.2) is 0 Å². The SMILES string of the molecule is CC(C)/C=C\C(=C/C(C)C)NC(N)=O. The summed E-state index contributed by atoms with van der Waals surface area (Å²) in [5.41, 5.74) is 5.82. The van der Waals surface area contributed by atoms with Crippen LogP contribution in [-0.2, 0) is 0 Å². The van der Waals surface area contributed by atoms with Gasteiger partial charge in [-0.1, -0.05) is 39.8 Å². The molecule has 14 heavy (non-hydrogen) atoms. The Morgan fingerprint density at radius 1 is 1.21 bits per heavy atom. The molecule has 0 atom stereocenters. The Kier molecular flexibility index (Phi) is 5.68. The summed E-state index contributed by atoms with van der Waals surface area (Å²) in [6, 6.07) is -0.523. The molecule has 0 aromatic heterocycles. The number of hydrogen-bond acceptors (Lipinski definition) is 1. The Bertz CT molecular complexity index is 240. The van der Waals surface area contributed by atoms with Crippen molar-refractivity contribution in [3.63, 3.8) is 0 Å². The molecule has 0 aromatic carbocycles. The topological polar surface area (TPSA) is 55.1 Å². The third kappa shape index (κ3) is 7.40. The Labute approximate surface area is 86.1 Å². The van der Waals surface area contributed by atoms with Gasteiger partial charge in [0.2, 0.25) is 0 Å². The highest BCUT2D eigenvalue weighted by atomic mass is 16.2. The molecule has 0 rings (SSSR count). The van der Waals surface area contributed by atoms with Gasteiger partial charge in [-0.15, -0.1) is 0 Å². The fourth-order valence-electron chi connectivity index (χ4n) is 0.936. The van der Waals surface area contributed by atoms with Gasteiger partial charge in [-0.2, -0.15) is 0 Å². The van der Waals surface area contributed by atoms with Crippen LogP contribution in [0.4, 0.5) is 4.79 Å². The summed E-state index contributed by atoms with van der Waals surface area (Å²) in [6.07, 6.45) is 5.86. The third-order valence-corrected chi connectivity index (χ3v) is 1.44. The molecule has 0 bridgehead atoms. The monoisotopic (exact) mass is 196 g/mol. The van der Waals surface area contributed by atoms with Crippen LogP contribution in [0.5, 0.6) is 0 Å². The molecule has 0 aliphatic rings. The van der Waals surface area contributed by atoms with Gasteiger partial charge in [0, 0.05) is 5.70 Å². The number of carbonyl (C=O) groups excluding carboxylic acids is 1. The second kappa shape index (κ2) is 6.24. The minimum Gasteiger partial charge on any atom is -0.351 e. The molecule has 0 heterocycles. The molecule has 2 amide bonds. The smallest absolute Gasteiger partial charge is 0.316 e. The van der Waals surface area contributed by atoms with Crippen LogP contribution in [0.15, 0.2) is 23.9 Å². The van der Waals surface area contributed by atoms with Gasteiger partial charge >= 0.3 is 6.03 Å². The van der Waals surface area contributed by atoms with E-state index in [1.807, 2.05) is 32.1 Å². The van der Waals surface area contributed by atoms with E-state index in [1.165, 1.54) is 0 Å². The van der Waals surface area contributed by atoms with Crippen molar-refractivity contribution in [1.29, 1.82) is 0 Å². The third-order valence-electron chi connectivity index (χ3n) is 1.44. The maximum atomic E-state index is 10.7. The zero-order valence-electron chi connectivity index (χ0n) is 9.37. The molecule has 0 aliphatic heterocycles. The zero-order valence-corrected chi connectivity index (χ0v) is 9.37. The van der Waals surface area contributed by atoms with Crippen LogP contribution in [0, 0.1) is 11.8 Å². The number of urea groups is 1. The molecule has 0 aromatic rings. The van der Waals surface area contributed by atoms with Crippen LogP contribution < -0.4 is 11.1 Å². The quantitative estimate of drug-likeness (QED) is 0.666. The summed E-state index contributed by atoms with van der Waals surface area (Å²) in [5.74, 6) is 0.842. The highest BCUT2D eigenvalue weighted by Crippen LogP contribution is 2.03. The van der Waals surface area contributed by atoms with Gasteiger partial charge < -0.3 is 11.1 Å². The van der Waals surface area contributed by atoms with E-state index in [-0.39, 0.29) is 0 Å². The molecule has 0 spiro atoms. The van der Waals surface area contributed by atoms with Crippen LogP contribution in [0.2, 0.25) is 0 Å². The van der Waals surface area contributed by atoms with E-state index < -0.39 is 6.03 Å². The Balaban J connectivity index is 4.48. The second-order valence-electron chi connectivity index (χ2n) is 3.96. The number of nitrogens with one attached hydrogen (secondary N) is 1. The van der Waals surface area contributed by atoms with Crippen molar-refractivity contribution in [2.45, 2.75) is 27.7 Å². The fourth-order valence-corrected chi connectivity index (χ4v) is 0.936. The van der Waals surface area contributed by atoms with E-state index in [4.69, 9.17) is 5.73 Å². The lowest BCUT2D eigenvalue weighted by molar-refractivity contribution is 0.251. The van der Waals surface area contributed by atoms with Crippen molar-refractivity contribution in [1.82, 2.24) is 5.32 Å². The summed E-state index contributed by atoms with van der Waals surface area (Å²) in [6.45, 7) is 8.25. The number of primary amides is 1. The van der Waals surface area contributed by atoms with Gasteiger partial charge in [-0.3, -0.25) is 0 Å². The minimum absolute atomic E-state index is 0.383. The summed E-state index contributed by atoms with van der Waals surface area (Å²) in [7, 11) is 0. The van der Waals surface area contributed by atoms with Crippen molar-refractivity contribution in [3.05, 3.63) is 23.9 Å². The first-order valence-corrected chi connectivity index (χ1v) is 4.88. The number of hydrogen-bond donors (Lipinski definition) is 2. The Morgan fingerprint density at radius 2 is 1.79 bits per heavy atom. The van der Waals surface area contributed by atoms with Crippen LogP contribution in [0.25, 0.3) is 0 Å². The minimum atomic E-state index is -0.523. The maximum Gasteiger partial charge on any atom is 0.316 e. The van der Waals surface area contributed by atoms with Crippen LogP contribution in [0.3, 0.4) is 0 Å². The molecule has 0 saturated carbocycles. The standard InChI is InChI=1S/C11H20N2O/c1-8(2)5-6-10(7-9(3)4)13-11(12)14/h5-9H,1-4H3,(H3,12,13,14)/b6-5-,10-7+. The lowest BCUT2D eigenvalue weighted by atomic mass is 10.1. The normalized spacial score (nSPS) is 12.9. The van der Waals surface area contributed by atoms with E-state index >= 15 is 0 Å². The molecular weight excluding hydrogens is 176 g/mol. The van der Waals surface area contributed by atoms with E-state index in [1.54, 1.807) is 0 Å². The van der Waals surface area contributed by atoms with Crippen LogP contribution in [-0.4, -0.2) is 6.03 Å². The number of nitrogens with two attached hydrogens (primary N) is 1. The molecule has 80 valence electrons. The summed E-state index contributed by atoms with van der Waals surface area (Å²) >= 11 is 0. The fraction of sp³-hybridized carbons (Fsp3) is 0.545. The van der Waals surface area contributed by atoms with Gasteiger partial charge in [0.25, 0.3) is 0 Å². The Hall–Kier alpha value is -1.25. The number of allylic oxidation sites excluding steroid dienone is 3. The van der Waals surface area contributed by atoms with E-state index in [9.17, 15) is 4.79 Å². The van der Waals surface area contributed by atoms with Crippen molar-refractivity contribution in [3.8, 4) is 0 Å². The largest absolute Gasteiger partial charge is 0.351 e. The first-order chi connectivity index (χ1) is 6.41. The molecule has 3 N–H and O–H groups in total. The average Bonchev–Trinajstić information content (AvgIpc) is 1.97. The zero-order chi connectivity index (χ0) is 11.1. The van der Waals surface area contributed by atoms with Gasteiger partial charge in [-0.25, -0.2) is 4.79 Å². The van der Waals surface area contributed by atoms with Gasteiger partial charge in [0.05, 0.1) is 0 Å². The highest BCUT2D eigenvalue weighted by Gasteiger charge is 1.97. The average molecular weight is 196 g/mol.